The first-order valence-corrected chi connectivity index (χ1v) is 9.16. The average molecular weight is 373 g/mol. The van der Waals surface area contributed by atoms with Crippen LogP contribution in [0.3, 0.4) is 0 Å². The van der Waals surface area contributed by atoms with E-state index in [2.05, 4.69) is 0 Å². The Morgan fingerprint density at radius 3 is 1.96 bits per heavy atom. The molecule has 0 aliphatic heterocycles. The van der Waals surface area contributed by atoms with Crippen molar-refractivity contribution in [3.63, 3.8) is 0 Å². The number of rotatable bonds is 11. The molecule has 24 heavy (non-hydrogen) atoms. The SMILES string of the molecule is CC(C)N(C(C)C)N(CCCCCCNC(=O)C(F)(F)F)P([O-])[O-]. The van der Waals surface area contributed by atoms with Gasteiger partial charge in [0, 0.05) is 25.2 Å². The second-order valence-electron chi connectivity index (χ2n) is 6.07. The smallest absolute Gasteiger partial charge is 0.471 e. The van der Waals surface area contributed by atoms with Gasteiger partial charge in [-0.3, -0.25) is 9.57 Å². The summed E-state index contributed by atoms with van der Waals surface area (Å²) in [7, 11) is -2.74. The number of carbonyl (C=O) groups is 1. The van der Waals surface area contributed by atoms with Crippen molar-refractivity contribution in [2.45, 2.75) is 71.6 Å². The van der Waals surface area contributed by atoms with Crippen molar-refractivity contribution in [1.82, 2.24) is 15.1 Å². The summed E-state index contributed by atoms with van der Waals surface area (Å²) in [6.45, 7) is 7.95. The fraction of sp³-hybridized carbons (Fsp3) is 0.929. The van der Waals surface area contributed by atoms with Gasteiger partial charge < -0.3 is 15.1 Å². The molecule has 0 saturated carbocycles. The van der Waals surface area contributed by atoms with Crippen LogP contribution >= 0.6 is 8.53 Å². The normalized spacial score (nSPS) is 12.9. The van der Waals surface area contributed by atoms with Crippen molar-refractivity contribution in [2.24, 2.45) is 0 Å². The van der Waals surface area contributed by atoms with Gasteiger partial charge >= 0.3 is 12.1 Å². The van der Waals surface area contributed by atoms with Gasteiger partial charge in [-0.1, -0.05) is 12.8 Å². The van der Waals surface area contributed by atoms with E-state index < -0.39 is 20.6 Å². The minimum atomic E-state index is -4.85. The molecule has 1 N–H and O–H groups in total. The summed E-state index contributed by atoms with van der Waals surface area (Å²) >= 11 is 0. The predicted octanol–water partition coefficient (Wildman–Crippen LogP) is 1.51. The van der Waals surface area contributed by atoms with E-state index in [-0.39, 0.29) is 18.6 Å². The van der Waals surface area contributed by atoms with Gasteiger partial charge in [0.05, 0.1) is 0 Å². The molecule has 0 aliphatic carbocycles. The van der Waals surface area contributed by atoms with Gasteiger partial charge in [-0.05, 0) is 40.5 Å². The highest BCUT2D eigenvalue weighted by Crippen LogP contribution is 2.27. The maximum Gasteiger partial charge on any atom is 0.471 e. The van der Waals surface area contributed by atoms with E-state index in [9.17, 15) is 27.8 Å². The standard InChI is InChI=1S/C14H27F3N3O3P/c1-11(2)20(12(3)4)19(24(22)23)10-8-6-5-7-9-18-13(21)14(15,16)17/h11-12H,5-10H2,1-4H3,(H,18,21)/q-2. The third-order valence-corrected chi connectivity index (χ3v) is 4.12. The van der Waals surface area contributed by atoms with Gasteiger partial charge in [0.25, 0.3) is 0 Å². The van der Waals surface area contributed by atoms with Crippen LogP contribution in [0.1, 0.15) is 53.4 Å². The van der Waals surface area contributed by atoms with Crippen LogP contribution in [-0.4, -0.2) is 47.0 Å². The molecule has 0 atom stereocenters. The molecule has 0 heterocycles. The number of halogens is 3. The van der Waals surface area contributed by atoms with Crippen LogP contribution < -0.4 is 15.1 Å². The van der Waals surface area contributed by atoms with Gasteiger partial charge in [0.1, 0.15) is 0 Å². The summed E-state index contributed by atoms with van der Waals surface area (Å²) in [6.07, 6.45) is -2.54. The molecule has 0 saturated heterocycles. The Kier molecular flexibility index (Phi) is 11.0. The van der Waals surface area contributed by atoms with Crippen molar-refractivity contribution < 1.29 is 27.8 Å². The van der Waals surface area contributed by atoms with Crippen LogP contribution in [0, 0.1) is 0 Å². The number of hydrazine groups is 1. The second kappa shape index (κ2) is 11.2. The second-order valence-corrected chi connectivity index (χ2v) is 7.01. The van der Waals surface area contributed by atoms with E-state index in [1.165, 1.54) is 4.78 Å². The molecule has 0 rings (SSSR count). The zero-order valence-electron chi connectivity index (χ0n) is 14.6. The van der Waals surface area contributed by atoms with Crippen molar-refractivity contribution in [3.8, 4) is 0 Å². The molecule has 0 radical (unpaired) electrons. The summed E-state index contributed by atoms with van der Waals surface area (Å²) in [5.74, 6) is -1.93. The highest BCUT2D eigenvalue weighted by Gasteiger charge is 2.38. The van der Waals surface area contributed by atoms with E-state index >= 15 is 0 Å². The maximum atomic E-state index is 12.0. The molecule has 1 amide bonds. The lowest BCUT2D eigenvalue weighted by Gasteiger charge is -2.52. The van der Waals surface area contributed by atoms with E-state index in [0.29, 0.717) is 32.2 Å². The number of alkyl halides is 3. The first kappa shape index (κ1) is 23.5. The largest absolute Gasteiger partial charge is 0.829 e. The summed E-state index contributed by atoms with van der Waals surface area (Å²) in [5, 5.41) is 3.60. The van der Waals surface area contributed by atoms with Crippen molar-refractivity contribution in [1.29, 1.82) is 0 Å². The van der Waals surface area contributed by atoms with Crippen LogP contribution in [0.2, 0.25) is 0 Å². The number of nitrogens with zero attached hydrogens (tertiary/aromatic N) is 2. The summed E-state index contributed by atoms with van der Waals surface area (Å²) < 4.78 is 37.2. The Balaban J connectivity index is 4.08. The molecule has 144 valence electrons. The van der Waals surface area contributed by atoms with Crippen LogP contribution in [0.25, 0.3) is 0 Å². The zero-order valence-corrected chi connectivity index (χ0v) is 15.5. The molecule has 0 aromatic carbocycles. The lowest BCUT2D eigenvalue weighted by atomic mass is 10.2. The quantitative estimate of drug-likeness (QED) is 0.337. The third-order valence-electron chi connectivity index (χ3n) is 3.34. The van der Waals surface area contributed by atoms with Gasteiger partial charge in [-0.15, -0.1) is 0 Å². The lowest BCUT2D eigenvalue weighted by molar-refractivity contribution is -0.319. The minimum absolute atomic E-state index is 0.0375. The number of hydrogen-bond donors (Lipinski definition) is 1. The Hall–Kier alpha value is -0.470. The van der Waals surface area contributed by atoms with E-state index in [0.717, 1.165) is 0 Å². The first-order chi connectivity index (χ1) is 11.0. The minimum Gasteiger partial charge on any atom is -0.829 e. The summed E-state index contributed by atoms with van der Waals surface area (Å²) in [5.41, 5.74) is 0. The number of carbonyl (C=O) groups excluding carboxylic acids is 1. The van der Waals surface area contributed by atoms with Gasteiger partial charge in [-0.2, -0.15) is 13.2 Å². The molecule has 10 heteroatoms. The zero-order chi connectivity index (χ0) is 18.9. The molecule has 0 aromatic heterocycles. The van der Waals surface area contributed by atoms with Crippen molar-refractivity contribution in [3.05, 3.63) is 0 Å². The maximum absolute atomic E-state index is 12.0. The van der Waals surface area contributed by atoms with E-state index in [1.54, 1.807) is 5.01 Å². The molecular weight excluding hydrogens is 346 g/mol. The number of nitrogens with one attached hydrogen (secondary N) is 1. The average Bonchev–Trinajstić information content (AvgIpc) is 2.42. The van der Waals surface area contributed by atoms with Crippen molar-refractivity contribution in [2.75, 3.05) is 13.1 Å². The summed E-state index contributed by atoms with van der Waals surface area (Å²) in [4.78, 5) is 33.5. The van der Waals surface area contributed by atoms with Crippen molar-refractivity contribution >= 4 is 14.4 Å². The Morgan fingerprint density at radius 2 is 1.54 bits per heavy atom. The topological polar surface area (TPSA) is 81.7 Å². The van der Waals surface area contributed by atoms with Gasteiger partial charge in [0.2, 0.25) is 0 Å². The highest BCUT2D eigenvalue weighted by atomic mass is 31.2. The molecule has 0 aliphatic rings. The van der Waals surface area contributed by atoms with Gasteiger partial charge in [0.15, 0.2) is 0 Å². The van der Waals surface area contributed by atoms with Crippen LogP contribution in [0.4, 0.5) is 13.2 Å². The number of hydrogen-bond acceptors (Lipinski definition) is 5. The number of unbranched alkanes of at least 4 members (excludes halogenated alkanes) is 3. The third kappa shape index (κ3) is 9.13. The molecular formula is C14H27F3N3O3P-2. The Morgan fingerprint density at radius 1 is 1.04 bits per heavy atom. The monoisotopic (exact) mass is 373 g/mol. The Bertz CT molecular complexity index is 361. The predicted molar refractivity (Wildman–Crippen MR) is 83.3 cm³/mol. The highest BCUT2D eigenvalue weighted by molar-refractivity contribution is 7.39. The molecule has 0 spiro atoms. The van der Waals surface area contributed by atoms with Gasteiger partial charge in [-0.25, -0.2) is 13.5 Å². The Labute approximate surface area is 142 Å². The lowest BCUT2D eigenvalue weighted by Crippen LogP contribution is -2.51. The van der Waals surface area contributed by atoms with Crippen LogP contribution in [0.5, 0.6) is 0 Å². The first-order valence-electron chi connectivity index (χ1n) is 8.03. The molecule has 0 unspecified atom stereocenters. The fourth-order valence-corrected chi connectivity index (χ4v) is 3.33. The van der Waals surface area contributed by atoms with Crippen LogP contribution in [-0.2, 0) is 4.79 Å². The molecule has 0 fully saturated rings. The van der Waals surface area contributed by atoms with Crippen LogP contribution in [0.15, 0.2) is 0 Å². The molecule has 0 bridgehead atoms. The van der Waals surface area contributed by atoms with E-state index in [1.807, 2.05) is 33.0 Å². The number of amides is 1. The molecule has 6 nitrogen and oxygen atoms in total. The fourth-order valence-electron chi connectivity index (χ4n) is 2.44. The van der Waals surface area contributed by atoms with E-state index in [4.69, 9.17) is 0 Å². The molecule has 0 aromatic rings. The summed E-state index contributed by atoms with van der Waals surface area (Å²) in [6, 6.07) is 0.0750.